The lowest BCUT2D eigenvalue weighted by Gasteiger charge is -2.38. The average Bonchev–Trinajstić information content (AvgIpc) is 3.33. The molecule has 0 radical (unpaired) electrons. The smallest absolute Gasteiger partial charge is 0.312 e. The summed E-state index contributed by atoms with van der Waals surface area (Å²) in [7, 11) is 1.42. The van der Waals surface area contributed by atoms with E-state index >= 15 is 0 Å². The Balaban J connectivity index is 1.83. The number of phenolic OH excluding ortho intramolecular Hbond substituents is 1. The van der Waals surface area contributed by atoms with Gasteiger partial charge in [0.25, 0.3) is 5.78 Å². The molecule has 1 unspecified atom stereocenters. The zero-order chi connectivity index (χ0) is 37.4. The Hall–Kier alpha value is -4.30. The van der Waals surface area contributed by atoms with Gasteiger partial charge in [-0.3, -0.25) is 19.2 Å². The van der Waals surface area contributed by atoms with E-state index in [0.717, 1.165) is 6.08 Å². The second-order valence-electron chi connectivity index (χ2n) is 13.5. The molecule has 13 heteroatoms. The van der Waals surface area contributed by atoms with Crippen LogP contribution in [0.1, 0.15) is 85.1 Å². The van der Waals surface area contributed by atoms with E-state index in [9.17, 15) is 39.6 Å². The Labute approximate surface area is 291 Å². The Bertz CT molecular complexity index is 1670. The van der Waals surface area contributed by atoms with Gasteiger partial charge >= 0.3 is 11.8 Å². The van der Waals surface area contributed by atoms with Crippen molar-refractivity contribution in [1.82, 2.24) is 5.32 Å². The van der Waals surface area contributed by atoms with Crippen LogP contribution in [0, 0.1) is 30.6 Å². The van der Waals surface area contributed by atoms with Crippen LogP contribution >= 0.6 is 0 Å². The fourth-order valence-electron chi connectivity index (χ4n) is 6.70. The van der Waals surface area contributed by atoms with Crippen LogP contribution < -0.4 is 10.1 Å². The zero-order valence-corrected chi connectivity index (χ0v) is 29.7. The average molecular weight is 698 g/mol. The molecule has 1 aromatic rings. The maximum Gasteiger partial charge on any atom is 0.312 e. The molecule has 1 aliphatic carbocycles. The van der Waals surface area contributed by atoms with E-state index in [1.165, 1.54) is 40.2 Å². The Kier molecular flexibility index (Phi) is 11.5. The number of fused-ring (bicyclic) bond motifs is 14. The van der Waals surface area contributed by atoms with E-state index in [0.29, 0.717) is 5.57 Å². The minimum atomic E-state index is -2.02. The SMILES string of the molecule is CO[C@H]1/C=C/O[C@@]2(C)Oc3c(C)c(O)c4c(c3C2=O)C(=O)C=C(NC(O)/C(C)=C\C=C\[C@H](C)[C@H](O)[C@@H](C)[C@@H](O)[C@@H](C)[C@H](OC(C)=O)[C@@H]1C)C4=O. The van der Waals surface area contributed by atoms with Crippen molar-refractivity contribution in [2.75, 3.05) is 7.11 Å². The minimum absolute atomic E-state index is 0.0313. The molecule has 272 valence electrons. The molecule has 0 spiro atoms. The molecule has 50 heavy (non-hydrogen) atoms. The molecule has 0 saturated heterocycles. The third-order valence-corrected chi connectivity index (χ3v) is 9.93. The number of benzene rings is 1. The summed E-state index contributed by atoms with van der Waals surface area (Å²) in [5.41, 5.74) is -0.901. The van der Waals surface area contributed by atoms with Crippen LogP contribution in [0.5, 0.6) is 11.5 Å². The number of hydrogen-bond donors (Lipinski definition) is 5. The second-order valence-corrected chi connectivity index (χ2v) is 13.5. The van der Waals surface area contributed by atoms with E-state index in [4.69, 9.17) is 18.9 Å². The molecular formula is C37H47NO12. The van der Waals surface area contributed by atoms with E-state index in [2.05, 4.69) is 5.32 Å². The monoisotopic (exact) mass is 697 g/mol. The largest absolute Gasteiger partial charge is 0.507 e. The fraction of sp³-hybridized carbons (Fsp3) is 0.514. The van der Waals surface area contributed by atoms with Crippen LogP contribution in [0.4, 0.5) is 0 Å². The van der Waals surface area contributed by atoms with E-state index in [1.807, 2.05) is 0 Å². The fourth-order valence-corrected chi connectivity index (χ4v) is 6.70. The molecule has 1 aromatic carbocycles. The van der Waals surface area contributed by atoms with Gasteiger partial charge in [-0.15, -0.1) is 0 Å². The number of phenols is 1. The van der Waals surface area contributed by atoms with Gasteiger partial charge in [-0.2, -0.15) is 0 Å². The van der Waals surface area contributed by atoms with Crippen LogP contribution in [0.25, 0.3) is 0 Å². The van der Waals surface area contributed by atoms with E-state index < -0.39 is 94.7 Å². The molecule has 3 aliphatic heterocycles. The van der Waals surface area contributed by atoms with Crippen LogP contribution in [0.3, 0.4) is 0 Å². The normalized spacial score (nSPS) is 35.9. The van der Waals surface area contributed by atoms with Crippen molar-refractivity contribution in [3.63, 3.8) is 0 Å². The first-order chi connectivity index (χ1) is 23.4. The number of rotatable bonds is 2. The molecule has 13 nitrogen and oxygen atoms in total. The lowest BCUT2D eigenvalue weighted by atomic mass is 9.78. The van der Waals surface area contributed by atoms with Gasteiger partial charge in [-0.1, -0.05) is 45.9 Å². The standard InChI is InChI=1S/C37H47NO12/c1-16-11-10-12-17(2)36(46)38-23-15-24(40)26-27(32(23)44)31(43)21(6)34-28(26)35(45)37(8,50-34)48-14-13-25(47-9)18(3)33(49-22(7)39)20(5)30(42)19(4)29(16)41/h10-16,18-20,25,29-30,33,36,38,41-43,46H,1-9H3/b11-10+,14-13+,17-12-/t16-,18+,19+,20+,25-,29-,30+,33+,36?,37-/m0/s1. The molecule has 5 bridgehead atoms. The Morgan fingerprint density at radius 3 is 2.22 bits per heavy atom. The van der Waals surface area contributed by atoms with Crippen LogP contribution in [0.15, 0.2) is 47.9 Å². The third kappa shape index (κ3) is 7.13. The lowest BCUT2D eigenvalue weighted by Crippen LogP contribution is -2.46. The molecule has 3 heterocycles. The first-order valence-corrected chi connectivity index (χ1v) is 16.5. The number of nitrogens with one attached hydrogen (secondary N) is 1. The van der Waals surface area contributed by atoms with Gasteiger partial charge in [-0.05, 0) is 25.5 Å². The predicted octanol–water partition coefficient (Wildman–Crippen LogP) is 3.42. The van der Waals surface area contributed by atoms with Gasteiger partial charge in [-0.25, -0.2) is 0 Å². The maximum atomic E-state index is 13.9. The van der Waals surface area contributed by atoms with E-state index in [1.54, 1.807) is 52.8 Å². The summed E-state index contributed by atoms with van der Waals surface area (Å²) in [4.78, 5) is 53.3. The number of Topliss-reactive ketones (excluding diaryl/α,β-unsaturated/α-hetero) is 2. The maximum absolute atomic E-state index is 13.9. The molecular weight excluding hydrogens is 650 g/mol. The number of aromatic hydroxyl groups is 1. The second kappa shape index (κ2) is 14.9. The summed E-state index contributed by atoms with van der Waals surface area (Å²) < 4.78 is 23.1. The number of carbonyl (C=O) groups excluding carboxylic acids is 4. The zero-order valence-electron chi connectivity index (χ0n) is 29.7. The van der Waals surface area contributed by atoms with Gasteiger partial charge in [0.15, 0.2) is 5.78 Å². The van der Waals surface area contributed by atoms with E-state index in [-0.39, 0.29) is 28.1 Å². The van der Waals surface area contributed by atoms with Crippen molar-refractivity contribution in [1.29, 1.82) is 0 Å². The highest BCUT2D eigenvalue weighted by Crippen LogP contribution is 2.48. The number of hydrogen-bond acceptors (Lipinski definition) is 13. The van der Waals surface area contributed by atoms with Crippen molar-refractivity contribution in [3.05, 3.63) is 70.2 Å². The summed E-state index contributed by atoms with van der Waals surface area (Å²) in [6, 6.07) is 0. The summed E-state index contributed by atoms with van der Waals surface area (Å²) in [6.07, 6.45) is 3.22. The number of methoxy groups -OCH3 is 1. The Morgan fingerprint density at radius 2 is 1.60 bits per heavy atom. The summed E-state index contributed by atoms with van der Waals surface area (Å²) in [5, 5.41) is 47.2. The number of carbonyl (C=O) groups is 4. The number of aliphatic hydroxyl groups excluding tert-OH is 3. The lowest BCUT2D eigenvalue weighted by molar-refractivity contribution is -0.160. The number of aliphatic hydroxyl groups is 3. The highest BCUT2D eigenvalue weighted by molar-refractivity contribution is 6.30. The van der Waals surface area contributed by atoms with Crippen molar-refractivity contribution < 1.29 is 58.6 Å². The highest BCUT2D eigenvalue weighted by atomic mass is 16.7. The Morgan fingerprint density at radius 1 is 0.940 bits per heavy atom. The number of ether oxygens (including phenoxy) is 4. The molecule has 10 atom stereocenters. The first-order valence-electron chi connectivity index (χ1n) is 16.5. The number of esters is 1. The molecule has 0 fully saturated rings. The van der Waals surface area contributed by atoms with Crippen molar-refractivity contribution in [2.24, 2.45) is 23.7 Å². The first kappa shape index (κ1) is 38.5. The number of allylic oxidation sites excluding steroid dienone is 4. The van der Waals surface area contributed by atoms with Gasteiger partial charge in [0.1, 0.15) is 23.8 Å². The van der Waals surface area contributed by atoms with Crippen LogP contribution in [-0.2, 0) is 19.0 Å². The topological polar surface area (TPSA) is 198 Å². The van der Waals surface area contributed by atoms with Gasteiger partial charge in [0, 0.05) is 56.3 Å². The predicted molar refractivity (Wildman–Crippen MR) is 180 cm³/mol. The molecule has 5 rings (SSSR count). The van der Waals surface area contributed by atoms with Crippen molar-refractivity contribution in [2.45, 2.75) is 91.8 Å². The van der Waals surface area contributed by atoms with Gasteiger partial charge in [0.2, 0.25) is 5.78 Å². The molecule has 0 aromatic heterocycles. The van der Waals surface area contributed by atoms with Gasteiger partial charge < -0.3 is 44.7 Å². The minimum Gasteiger partial charge on any atom is -0.507 e. The molecule has 4 aliphatic rings. The van der Waals surface area contributed by atoms with Crippen molar-refractivity contribution >= 4 is 23.3 Å². The number of ketones is 3. The van der Waals surface area contributed by atoms with Gasteiger partial charge in [0.05, 0.1) is 47.0 Å². The highest BCUT2D eigenvalue weighted by Gasteiger charge is 2.51. The summed E-state index contributed by atoms with van der Waals surface area (Å²) in [5.74, 6) is -8.02. The van der Waals surface area contributed by atoms with Crippen LogP contribution in [0.2, 0.25) is 0 Å². The van der Waals surface area contributed by atoms with Crippen molar-refractivity contribution in [3.8, 4) is 11.5 Å². The van der Waals surface area contributed by atoms with Crippen LogP contribution in [-0.4, -0.2) is 87.3 Å². The molecule has 0 saturated carbocycles. The summed E-state index contributed by atoms with van der Waals surface area (Å²) >= 11 is 0. The third-order valence-electron chi connectivity index (χ3n) is 9.93. The quantitative estimate of drug-likeness (QED) is 0.282. The molecule has 5 N–H and O–H groups in total. The molecule has 0 amide bonds. The summed E-state index contributed by atoms with van der Waals surface area (Å²) in [6.45, 7) is 12.5.